The second kappa shape index (κ2) is 8.74. The summed E-state index contributed by atoms with van der Waals surface area (Å²) < 4.78 is 15.9. The molecule has 4 rings (SSSR count). The van der Waals surface area contributed by atoms with Gasteiger partial charge in [-0.15, -0.1) is 5.10 Å². The molecule has 2 aromatic carbocycles. The number of ketones is 1. The van der Waals surface area contributed by atoms with E-state index < -0.39 is 11.7 Å². The highest BCUT2D eigenvalue weighted by Gasteiger charge is 2.18. The van der Waals surface area contributed by atoms with Crippen LogP contribution in [0.4, 0.5) is 4.39 Å². The molecule has 8 heteroatoms. The molecule has 0 bridgehead atoms. The summed E-state index contributed by atoms with van der Waals surface area (Å²) in [6.07, 6.45) is 2.14. The lowest BCUT2D eigenvalue weighted by Gasteiger charge is -2.10. The topological polar surface area (TPSA) is 85.5 Å². The zero-order valence-electron chi connectivity index (χ0n) is 16.5. The lowest BCUT2D eigenvalue weighted by Crippen LogP contribution is -2.28. The van der Waals surface area contributed by atoms with Crippen LogP contribution in [0, 0.1) is 5.82 Å². The van der Waals surface area contributed by atoms with Crippen molar-refractivity contribution >= 4 is 17.3 Å². The predicted molar refractivity (Wildman–Crippen MR) is 113 cm³/mol. The van der Waals surface area contributed by atoms with Crippen LogP contribution in [-0.2, 0) is 6.54 Å². The molecule has 0 aliphatic carbocycles. The number of pyridine rings is 1. The molecule has 7 nitrogen and oxygen atoms in total. The number of benzene rings is 2. The zero-order valence-corrected chi connectivity index (χ0v) is 16.5. The Hall–Kier alpha value is -4.07. The Morgan fingerprint density at radius 1 is 0.935 bits per heavy atom. The second-order valence-electron chi connectivity index (χ2n) is 6.93. The molecule has 2 heterocycles. The summed E-state index contributed by atoms with van der Waals surface area (Å²) in [6, 6.07) is 17.0. The number of nitrogens with zero attached hydrogens (tertiary/aromatic N) is 3. The fraction of sp³-hybridized carbons (Fsp3) is 0.130. The molecule has 0 atom stereocenters. The highest BCUT2D eigenvalue weighted by Crippen LogP contribution is 2.15. The van der Waals surface area contributed by atoms with Crippen molar-refractivity contribution in [3.8, 4) is 0 Å². The summed E-state index contributed by atoms with van der Waals surface area (Å²) in [4.78, 5) is 37.7. The maximum absolute atomic E-state index is 13.1. The first-order valence-corrected chi connectivity index (χ1v) is 9.76. The molecule has 1 N–H and O–H groups in total. The Balaban J connectivity index is 1.41. The van der Waals surface area contributed by atoms with Gasteiger partial charge in [0.1, 0.15) is 5.82 Å². The molecule has 0 unspecified atom stereocenters. The van der Waals surface area contributed by atoms with Crippen molar-refractivity contribution in [3.05, 3.63) is 106 Å². The molecular weight excluding hydrogens is 399 g/mol. The SMILES string of the molecule is O=C(NCCCn1nc2ccccn2c1=O)c1ccccc1C(=O)c1ccc(F)cc1. The van der Waals surface area contributed by atoms with Gasteiger partial charge in [-0.3, -0.25) is 14.0 Å². The Morgan fingerprint density at radius 3 is 2.39 bits per heavy atom. The number of carbonyl (C=O) groups is 2. The van der Waals surface area contributed by atoms with Crippen molar-refractivity contribution in [1.29, 1.82) is 0 Å². The monoisotopic (exact) mass is 418 g/mol. The van der Waals surface area contributed by atoms with Gasteiger partial charge in [-0.1, -0.05) is 24.3 Å². The molecule has 0 aliphatic rings. The minimum atomic E-state index is -0.438. The third-order valence-electron chi connectivity index (χ3n) is 4.84. The quantitative estimate of drug-likeness (QED) is 0.369. The summed E-state index contributed by atoms with van der Waals surface area (Å²) in [7, 11) is 0. The zero-order chi connectivity index (χ0) is 21.8. The number of rotatable bonds is 7. The fourth-order valence-corrected chi connectivity index (χ4v) is 3.28. The minimum absolute atomic E-state index is 0.238. The number of nitrogens with one attached hydrogen (secondary N) is 1. The van der Waals surface area contributed by atoms with Crippen LogP contribution >= 0.6 is 0 Å². The molecule has 156 valence electrons. The third-order valence-corrected chi connectivity index (χ3v) is 4.84. The van der Waals surface area contributed by atoms with E-state index in [1.165, 1.54) is 33.3 Å². The van der Waals surface area contributed by atoms with E-state index in [9.17, 15) is 18.8 Å². The van der Waals surface area contributed by atoms with E-state index in [0.29, 0.717) is 30.7 Å². The van der Waals surface area contributed by atoms with Gasteiger partial charge in [0.25, 0.3) is 5.91 Å². The van der Waals surface area contributed by atoms with Crippen molar-refractivity contribution < 1.29 is 14.0 Å². The first-order valence-electron chi connectivity index (χ1n) is 9.76. The molecule has 0 spiro atoms. The standard InChI is InChI=1S/C23H19FN4O3/c24-17-11-9-16(10-12-17)21(29)18-6-1-2-7-19(18)22(30)25-13-5-15-28-23(31)27-14-4-3-8-20(27)26-28/h1-4,6-12,14H,5,13,15H2,(H,25,30). The van der Waals surface area contributed by atoms with Crippen LogP contribution in [0.15, 0.2) is 77.7 Å². The Bertz CT molecular complexity index is 1310. The van der Waals surface area contributed by atoms with Gasteiger partial charge >= 0.3 is 5.69 Å². The van der Waals surface area contributed by atoms with Gasteiger partial charge in [0, 0.05) is 30.4 Å². The summed E-state index contributed by atoms with van der Waals surface area (Å²) in [5.74, 6) is -1.19. The highest BCUT2D eigenvalue weighted by molar-refractivity contribution is 6.15. The molecule has 0 radical (unpaired) electrons. The van der Waals surface area contributed by atoms with E-state index >= 15 is 0 Å². The summed E-state index contributed by atoms with van der Waals surface area (Å²) in [5, 5.41) is 7.02. The van der Waals surface area contributed by atoms with Crippen LogP contribution in [0.25, 0.3) is 5.65 Å². The van der Waals surface area contributed by atoms with Gasteiger partial charge < -0.3 is 5.32 Å². The normalized spacial score (nSPS) is 10.9. The minimum Gasteiger partial charge on any atom is -0.352 e. The van der Waals surface area contributed by atoms with E-state index in [1.54, 1.807) is 48.7 Å². The molecule has 2 aromatic heterocycles. The fourth-order valence-electron chi connectivity index (χ4n) is 3.28. The number of hydrogen-bond donors (Lipinski definition) is 1. The Morgan fingerprint density at radius 2 is 1.65 bits per heavy atom. The largest absolute Gasteiger partial charge is 0.352 e. The van der Waals surface area contributed by atoms with Crippen LogP contribution in [-0.4, -0.2) is 32.4 Å². The summed E-state index contributed by atoms with van der Waals surface area (Å²) in [6.45, 7) is 0.648. The average molecular weight is 418 g/mol. The Kier molecular flexibility index (Phi) is 5.70. The van der Waals surface area contributed by atoms with Gasteiger partial charge in [0.2, 0.25) is 0 Å². The molecule has 31 heavy (non-hydrogen) atoms. The van der Waals surface area contributed by atoms with E-state index in [1.807, 2.05) is 0 Å². The first-order chi connectivity index (χ1) is 15.0. The van der Waals surface area contributed by atoms with Crippen molar-refractivity contribution in [2.75, 3.05) is 6.54 Å². The van der Waals surface area contributed by atoms with Crippen LogP contribution in [0.5, 0.6) is 0 Å². The van der Waals surface area contributed by atoms with Crippen LogP contribution in [0.2, 0.25) is 0 Å². The molecule has 4 aromatic rings. The van der Waals surface area contributed by atoms with Crippen molar-refractivity contribution in [2.24, 2.45) is 0 Å². The number of halogens is 1. The molecule has 0 saturated heterocycles. The molecule has 0 fully saturated rings. The van der Waals surface area contributed by atoms with E-state index in [-0.39, 0.29) is 22.6 Å². The lowest BCUT2D eigenvalue weighted by molar-refractivity contribution is 0.0941. The molecule has 0 saturated carbocycles. The average Bonchev–Trinajstić information content (AvgIpc) is 3.12. The molecular formula is C23H19FN4O3. The van der Waals surface area contributed by atoms with Crippen LogP contribution < -0.4 is 11.0 Å². The van der Waals surface area contributed by atoms with Crippen LogP contribution in [0.3, 0.4) is 0 Å². The van der Waals surface area contributed by atoms with Gasteiger partial charge in [-0.05, 0) is 48.9 Å². The van der Waals surface area contributed by atoms with Gasteiger partial charge in [0.05, 0.1) is 5.56 Å². The van der Waals surface area contributed by atoms with E-state index in [4.69, 9.17) is 0 Å². The van der Waals surface area contributed by atoms with E-state index in [2.05, 4.69) is 10.4 Å². The lowest BCUT2D eigenvalue weighted by atomic mass is 9.98. The van der Waals surface area contributed by atoms with Gasteiger partial charge in [-0.2, -0.15) is 0 Å². The van der Waals surface area contributed by atoms with Crippen LogP contribution in [0.1, 0.15) is 32.7 Å². The number of carbonyl (C=O) groups excluding carboxylic acids is 2. The van der Waals surface area contributed by atoms with E-state index in [0.717, 1.165) is 0 Å². The van der Waals surface area contributed by atoms with Crippen molar-refractivity contribution in [2.45, 2.75) is 13.0 Å². The molecule has 0 aliphatic heterocycles. The third kappa shape index (κ3) is 4.28. The Labute approximate surface area is 176 Å². The maximum atomic E-state index is 13.1. The first kappa shape index (κ1) is 20.2. The predicted octanol–water partition coefficient (Wildman–Crippen LogP) is 2.69. The number of aryl methyl sites for hydroxylation is 1. The van der Waals surface area contributed by atoms with Crippen molar-refractivity contribution in [3.63, 3.8) is 0 Å². The highest BCUT2D eigenvalue weighted by atomic mass is 19.1. The smallest absolute Gasteiger partial charge is 0.350 e. The number of hydrogen-bond acceptors (Lipinski definition) is 4. The number of fused-ring (bicyclic) bond motifs is 1. The maximum Gasteiger partial charge on any atom is 0.350 e. The summed E-state index contributed by atoms with van der Waals surface area (Å²) >= 11 is 0. The second-order valence-corrected chi connectivity index (χ2v) is 6.93. The van der Waals surface area contributed by atoms with Gasteiger partial charge in [0.15, 0.2) is 11.4 Å². The molecule has 1 amide bonds. The van der Waals surface area contributed by atoms with Crippen molar-refractivity contribution in [1.82, 2.24) is 19.5 Å². The number of amides is 1. The number of aromatic nitrogens is 3. The van der Waals surface area contributed by atoms with Gasteiger partial charge in [-0.25, -0.2) is 13.9 Å². The summed E-state index contributed by atoms with van der Waals surface area (Å²) in [5.41, 5.74) is 1.10.